The van der Waals surface area contributed by atoms with Crippen molar-refractivity contribution in [3.05, 3.63) is 113 Å². The van der Waals surface area contributed by atoms with E-state index in [1.54, 1.807) is 24.3 Å². The lowest BCUT2D eigenvalue weighted by atomic mass is 9.97. The number of aryl methyl sites for hydroxylation is 1. The maximum absolute atomic E-state index is 14.8. The van der Waals surface area contributed by atoms with E-state index in [0.717, 1.165) is 11.6 Å². The van der Waals surface area contributed by atoms with Gasteiger partial charge in [0.1, 0.15) is 11.6 Å². The van der Waals surface area contributed by atoms with Crippen LogP contribution in [0.2, 0.25) is 0 Å². The first kappa shape index (κ1) is 24.3. The number of hydrogen-bond donors (Lipinski definition) is 0. The highest BCUT2D eigenvalue weighted by molar-refractivity contribution is 5.72. The molecule has 0 aliphatic heterocycles. The smallest absolute Gasteiger partial charge is 0.429 e. The molecule has 35 heavy (non-hydrogen) atoms. The van der Waals surface area contributed by atoms with E-state index in [1.165, 1.54) is 12.1 Å². The Balaban J connectivity index is 1.66. The van der Waals surface area contributed by atoms with Crippen LogP contribution in [-0.4, -0.2) is 0 Å². The third-order valence-electron chi connectivity index (χ3n) is 5.24. The van der Waals surface area contributed by atoms with Crippen molar-refractivity contribution in [3.8, 4) is 28.0 Å². The van der Waals surface area contributed by atoms with Crippen LogP contribution in [0.5, 0.6) is 5.75 Å². The number of benzene rings is 4. The first-order chi connectivity index (χ1) is 16.5. The summed E-state index contributed by atoms with van der Waals surface area (Å²) in [7, 11) is 0. The third-order valence-corrected chi connectivity index (χ3v) is 5.24. The number of ether oxygens (including phenoxy) is 1. The molecule has 0 saturated heterocycles. The molecule has 180 valence electrons. The highest BCUT2D eigenvalue weighted by atomic mass is 19.3. The van der Waals surface area contributed by atoms with Crippen LogP contribution in [0.15, 0.2) is 66.7 Å². The second-order valence-corrected chi connectivity index (χ2v) is 7.67. The van der Waals surface area contributed by atoms with E-state index in [0.29, 0.717) is 17.7 Å². The largest absolute Gasteiger partial charge is 0.429 e. The zero-order valence-electron chi connectivity index (χ0n) is 17.8. The van der Waals surface area contributed by atoms with E-state index in [1.807, 2.05) is 6.92 Å². The second-order valence-electron chi connectivity index (χ2n) is 7.67. The van der Waals surface area contributed by atoms with Crippen molar-refractivity contribution in [3.63, 3.8) is 0 Å². The zero-order chi connectivity index (χ0) is 25.5. The summed E-state index contributed by atoms with van der Waals surface area (Å²) in [6, 6.07) is 11.4. The van der Waals surface area contributed by atoms with Gasteiger partial charge >= 0.3 is 6.11 Å². The van der Waals surface area contributed by atoms with Crippen molar-refractivity contribution in [2.24, 2.45) is 0 Å². The molecule has 4 aromatic rings. The topological polar surface area (TPSA) is 9.23 Å². The van der Waals surface area contributed by atoms with Gasteiger partial charge in [-0.1, -0.05) is 48.0 Å². The molecular weight excluding hydrogens is 480 g/mol. The van der Waals surface area contributed by atoms with Gasteiger partial charge in [0.05, 0.1) is 5.56 Å². The summed E-state index contributed by atoms with van der Waals surface area (Å²) in [4.78, 5) is 0. The minimum atomic E-state index is -4.43. The maximum atomic E-state index is 14.8. The van der Waals surface area contributed by atoms with Crippen LogP contribution >= 0.6 is 0 Å². The Morgan fingerprint density at radius 1 is 0.571 bits per heavy atom. The molecule has 9 heteroatoms. The Kier molecular flexibility index (Phi) is 6.27. The molecule has 0 heterocycles. The predicted molar refractivity (Wildman–Crippen MR) is 113 cm³/mol. The van der Waals surface area contributed by atoms with Crippen LogP contribution in [-0.2, 0) is 6.11 Å². The lowest BCUT2D eigenvalue weighted by Gasteiger charge is -2.19. The van der Waals surface area contributed by atoms with E-state index in [2.05, 4.69) is 4.74 Å². The molecule has 0 N–H and O–H groups in total. The molecule has 4 rings (SSSR count). The Hall–Kier alpha value is -3.88. The molecule has 0 aliphatic rings. The van der Waals surface area contributed by atoms with Crippen LogP contribution in [0.25, 0.3) is 22.3 Å². The molecule has 0 unspecified atom stereocenters. The van der Waals surface area contributed by atoms with Crippen molar-refractivity contribution < 1.29 is 39.9 Å². The van der Waals surface area contributed by atoms with Crippen LogP contribution in [0, 0.1) is 41.8 Å². The van der Waals surface area contributed by atoms with Gasteiger partial charge in [0.25, 0.3) is 0 Å². The van der Waals surface area contributed by atoms with Crippen molar-refractivity contribution in [1.29, 1.82) is 0 Å². The molecule has 0 aromatic heterocycles. The monoisotopic (exact) mass is 494 g/mol. The van der Waals surface area contributed by atoms with Crippen molar-refractivity contribution >= 4 is 0 Å². The molecule has 4 aromatic carbocycles. The quantitative estimate of drug-likeness (QED) is 0.200. The second kappa shape index (κ2) is 9.05. The summed E-state index contributed by atoms with van der Waals surface area (Å²) in [5, 5.41) is 0. The molecular formula is C26H14F8O. The predicted octanol–water partition coefficient (Wildman–Crippen LogP) is 8.29. The van der Waals surface area contributed by atoms with Gasteiger partial charge in [-0.15, -0.1) is 0 Å². The zero-order valence-corrected chi connectivity index (χ0v) is 17.8. The fourth-order valence-electron chi connectivity index (χ4n) is 3.44. The number of hydrogen-bond acceptors (Lipinski definition) is 1. The molecule has 1 nitrogen and oxygen atoms in total. The van der Waals surface area contributed by atoms with Gasteiger partial charge in [-0.05, 0) is 30.2 Å². The Bertz CT molecular complexity index is 1390. The van der Waals surface area contributed by atoms with E-state index >= 15 is 0 Å². The molecule has 0 radical (unpaired) electrons. The third kappa shape index (κ3) is 4.71. The fraction of sp³-hybridized carbons (Fsp3) is 0.0769. The van der Waals surface area contributed by atoms with Gasteiger partial charge < -0.3 is 4.74 Å². The maximum Gasteiger partial charge on any atom is 0.429 e. The van der Waals surface area contributed by atoms with E-state index in [-0.39, 0.29) is 28.8 Å². The van der Waals surface area contributed by atoms with Crippen molar-refractivity contribution in [1.82, 2.24) is 0 Å². The fourth-order valence-corrected chi connectivity index (χ4v) is 3.44. The minimum Gasteiger partial charge on any atom is -0.429 e. The Morgan fingerprint density at radius 2 is 1.09 bits per heavy atom. The lowest BCUT2D eigenvalue weighted by molar-refractivity contribution is -0.187. The molecule has 0 fully saturated rings. The van der Waals surface area contributed by atoms with Crippen molar-refractivity contribution in [2.45, 2.75) is 13.0 Å². The molecule has 0 spiro atoms. The van der Waals surface area contributed by atoms with E-state index < -0.39 is 52.3 Å². The van der Waals surface area contributed by atoms with Crippen LogP contribution in [0.1, 0.15) is 11.1 Å². The standard InChI is InChI=1S/C26H14F8O/c1-13-2-4-14(5-3-13)17-7-8-18(24(31)23(17)30)15-6-9-19(20(27)10-15)26(33,34)35-16-11-21(28)25(32)22(29)12-16/h2-12H,1H3. The van der Waals surface area contributed by atoms with Gasteiger partial charge in [-0.2, -0.15) is 8.78 Å². The Labute approximate surface area is 194 Å². The Morgan fingerprint density at radius 3 is 1.63 bits per heavy atom. The average Bonchev–Trinajstić information content (AvgIpc) is 2.79. The molecule has 0 saturated carbocycles. The summed E-state index contributed by atoms with van der Waals surface area (Å²) in [6.45, 7) is 1.83. The summed E-state index contributed by atoms with van der Waals surface area (Å²) in [5.41, 5.74) is -0.683. The first-order valence-corrected chi connectivity index (χ1v) is 10.0. The normalized spacial score (nSPS) is 11.6. The first-order valence-electron chi connectivity index (χ1n) is 10.0. The van der Waals surface area contributed by atoms with Crippen LogP contribution in [0.4, 0.5) is 35.1 Å². The van der Waals surface area contributed by atoms with Crippen LogP contribution < -0.4 is 4.74 Å². The van der Waals surface area contributed by atoms with Gasteiger partial charge in [0.15, 0.2) is 29.1 Å². The summed E-state index contributed by atoms with van der Waals surface area (Å²) < 4.78 is 117. The summed E-state index contributed by atoms with van der Waals surface area (Å²) in [6.07, 6.45) is -4.43. The molecule has 0 atom stereocenters. The van der Waals surface area contributed by atoms with E-state index in [4.69, 9.17) is 0 Å². The molecule has 0 bridgehead atoms. The number of rotatable bonds is 5. The summed E-state index contributed by atoms with van der Waals surface area (Å²) in [5.74, 6) is -10.6. The highest BCUT2D eigenvalue weighted by Crippen LogP contribution is 2.37. The van der Waals surface area contributed by atoms with Crippen LogP contribution in [0.3, 0.4) is 0 Å². The van der Waals surface area contributed by atoms with Gasteiger partial charge in [-0.25, -0.2) is 26.3 Å². The van der Waals surface area contributed by atoms with Gasteiger partial charge in [0, 0.05) is 23.3 Å². The molecule has 0 amide bonds. The van der Waals surface area contributed by atoms with Gasteiger partial charge in [-0.3, -0.25) is 0 Å². The van der Waals surface area contributed by atoms with E-state index in [9.17, 15) is 35.1 Å². The van der Waals surface area contributed by atoms with Crippen molar-refractivity contribution in [2.75, 3.05) is 0 Å². The lowest BCUT2D eigenvalue weighted by Crippen LogP contribution is -2.23. The molecule has 0 aliphatic carbocycles. The number of alkyl halides is 2. The SMILES string of the molecule is Cc1ccc(-c2ccc(-c3ccc(C(F)(F)Oc4cc(F)c(F)c(F)c4)c(F)c3)c(F)c2F)cc1. The number of halogens is 8. The highest BCUT2D eigenvalue weighted by Gasteiger charge is 2.38. The average molecular weight is 494 g/mol. The minimum absolute atomic E-state index is 0.0398. The van der Waals surface area contributed by atoms with Gasteiger partial charge in [0.2, 0.25) is 0 Å². The summed E-state index contributed by atoms with van der Waals surface area (Å²) >= 11 is 0.